The van der Waals surface area contributed by atoms with E-state index in [9.17, 15) is 19.7 Å². The molecule has 1 saturated heterocycles. The van der Waals surface area contributed by atoms with Crippen LogP contribution in [0.4, 0.5) is 4.79 Å². The summed E-state index contributed by atoms with van der Waals surface area (Å²) in [6.45, 7) is 1.57. The van der Waals surface area contributed by atoms with Gasteiger partial charge in [0.25, 0.3) is 10.3 Å². The molecule has 1 aliphatic rings. The third-order valence-electron chi connectivity index (χ3n) is 1.92. The average molecular weight is 249 g/mol. The Morgan fingerprint density at radius 3 is 2.94 bits per heavy atom. The number of nitrogens with one attached hydrogen (secondary N) is 2. The standard InChI is InChI=1S/C7H11N3O5S/c1-4-5(9-7(12)16-4)6(11)8-2-3-15-10(13)14/h4-5H,2-3H2,1H3,(H,8,11)(H,9,12). The molecule has 2 unspecified atom stereocenters. The van der Waals surface area contributed by atoms with Gasteiger partial charge in [0.15, 0.2) is 0 Å². The number of hydrogen-bond donors (Lipinski definition) is 2. The zero-order chi connectivity index (χ0) is 12.1. The highest BCUT2D eigenvalue weighted by Crippen LogP contribution is 2.22. The van der Waals surface area contributed by atoms with Crippen LogP contribution in [0.1, 0.15) is 6.92 Å². The summed E-state index contributed by atoms with van der Waals surface area (Å²) < 4.78 is 0. The summed E-state index contributed by atoms with van der Waals surface area (Å²) in [7, 11) is 0. The normalized spacial score (nSPS) is 23.7. The lowest BCUT2D eigenvalue weighted by molar-refractivity contribution is -0.757. The number of carbonyl (C=O) groups is 2. The third-order valence-corrected chi connectivity index (χ3v) is 2.89. The highest BCUT2D eigenvalue weighted by Gasteiger charge is 2.34. The van der Waals surface area contributed by atoms with Crippen LogP contribution in [0.3, 0.4) is 0 Å². The van der Waals surface area contributed by atoms with E-state index in [2.05, 4.69) is 15.5 Å². The molecule has 0 bridgehead atoms. The number of thioether (sulfide) groups is 1. The molecule has 1 rings (SSSR count). The van der Waals surface area contributed by atoms with Crippen molar-refractivity contribution < 1.29 is 19.5 Å². The second kappa shape index (κ2) is 5.54. The van der Waals surface area contributed by atoms with E-state index < -0.39 is 11.1 Å². The van der Waals surface area contributed by atoms with E-state index in [0.717, 1.165) is 11.8 Å². The molecule has 1 aliphatic heterocycles. The van der Waals surface area contributed by atoms with Gasteiger partial charge in [-0.25, -0.2) is 0 Å². The van der Waals surface area contributed by atoms with Crippen molar-refractivity contribution in [2.45, 2.75) is 18.2 Å². The molecule has 2 amide bonds. The first-order chi connectivity index (χ1) is 7.50. The summed E-state index contributed by atoms with van der Waals surface area (Å²) in [6.07, 6.45) is 0. The highest BCUT2D eigenvalue weighted by molar-refractivity contribution is 8.14. The van der Waals surface area contributed by atoms with Gasteiger partial charge >= 0.3 is 0 Å². The van der Waals surface area contributed by atoms with E-state index in [1.165, 1.54) is 0 Å². The lowest BCUT2D eigenvalue weighted by Gasteiger charge is -2.13. The van der Waals surface area contributed by atoms with Crippen molar-refractivity contribution in [3.63, 3.8) is 0 Å². The van der Waals surface area contributed by atoms with Crippen LogP contribution in [0.2, 0.25) is 0 Å². The second-order valence-electron chi connectivity index (χ2n) is 3.08. The molecule has 2 atom stereocenters. The van der Waals surface area contributed by atoms with E-state index in [1.807, 2.05) is 0 Å². The van der Waals surface area contributed by atoms with Crippen molar-refractivity contribution >= 4 is 22.9 Å². The number of carbonyl (C=O) groups excluding carboxylic acids is 2. The first-order valence-corrected chi connectivity index (χ1v) is 5.41. The Morgan fingerprint density at radius 2 is 2.44 bits per heavy atom. The first-order valence-electron chi connectivity index (χ1n) is 4.53. The van der Waals surface area contributed by atoms with Crippen LogP contribution in [-0.4, -0.2) is 40.7 Å². The Morgan fingerprint density at radius 1 is 1.75 bits per heavy atom. The molecule has 0 saturated carbocycles. The maximum absolute atomic E-state index is 11.5. The Bertz CT molecular complexity index is 310. The maximum atomic E-state index is 11.5. The van der Waals surface area contributed by atoms with Crippen LogP contribution in [0, 0.1) is 10.1 Å². The molecule has 90 valence electrons. The lowest BCUT2D eigenvalue weighted by atomic mass is 10.2. The third kappa shape index (κ3) is 3.57. The van der Waals surface area contributed by atoms with Gasteiger partial charge in [-0.3, -0.25) is 9.59 Å². The minimum absolute atomic E-state index is 0.0313. The molecule has 0 aliphatic carbocycles. The minimum Gasteiger partial charge on any atom is -0.352 e. The van der Waals surface area contributed by atoms with Crippen molar-refractivity contribution in [1.29, 1.82) is 0 Å². The molecule has 0 spiro atoms. The summed E-state index contributed by atoms with van der Waals surface area (Å²) in [5.41, 5.74) is 0. The molecular weight excluding hydrogens is 238 g/mol. The van der Waals surface area contributed by atoms with E-state index in [4.69, 9.17) is 0 Å². The van der Waals surface area contributed by atoms with Crippen molar-refractivity contribution in [1.82, 2.24) is 10.6 Å². The van der Waals surface area contributed by atoms with Crippen LogP contribution in [-0.2, 0) is 9.63 Å². The van der Waals surface area contributed by atoms with Crippen LogP contribution in [0.15, 0.2) is 0 Å². The number of rotatable bonds is 5. The number of amides is 2. The molecule has 9 heteroatoms. The van der Waals surface area contributed by atoms with Gasteiger partial charge in [-0.15, -0.1) is 10.1 Å². The molecule has 16 heavy (non-hydrogen) atoms. The van der Waals surface area contributed by atoms with Crippen molar-refractivity contribution in [2.24, 2.45) is 0 Å². The monoisotopic (exact) mass is 249 g/mol. The van der Waals surface area contributed by atoms with Gasteiger partial charge < -0.3 is 15.5 Å². The Labute approximate surface area is 95.2 Å². The van der Waals surface area contributed by atoms with Crippen LogP contribution in [0.25, 0.3) is 0 Å². The summed E-state index contributed by atoms with van der Waals surface area (Å²) in [6, 6.07) is -0.590. The van der Waals surface area contributed by atoms with E-state index in [1.54, 1.807) is 6.92 Å². The van der Waals surface area contributed by atoms with Gasteiger partial charge in [0.2, 0.25) is 5.91 Å². The fraction of sp³-hybridized carbons (Fsp3) is 0.714. The fourth-order valence-corrected chi connectivity index (χ4v) is 2.06. The zero-order valence-corrected chi connectivity index (χ0v) is 9.28. The number of hydrogen-bond acceptors (Lipinski definition) is 6. The Balaban J connectivity index is 2.25. The van der Waals surface area contributed by atoms with E-state index >= 15 is 0 Å². The molecule has 2 N–H and O–H groups in total. The van der Waals surface area contributed by atoms with E-state index in [-0.39, 0.29) is 29.5 Å². The van der Waals surface area contributed by atoms with Gasteiger partial charge in [0.05, 0.1) is 0 Å². The first kappa shape index (κ1) is 12.6. The summed E-state index contributed by atoms with van der Waals surface area (Å²) in [5, 5.41) is 13.4. The van der Waals surface area contributed by atoms with Gasteiger partial charge in [-0.1, -0.05) is 18.7 Å². The molecule has 0 radical (unpaired) electrons. The van der Waals surface area contributed by atoms with Crippen molar-refractivity contribution in [2.75, 3.05) is 13.2 Å². The fourth-order valence-electron chi connectivity index (χ4n) is 1.20. The lowest BCUT2D eigenvalue weighted by Crippen LogP contribution is -2.46. The van der Waals surface area contributed by atoms with Crippen LogP contribution >= 0.6 is 11.8 Å². The molecule has 1 heterocycles. The molecular formula is C7H11N3O5S. The predicted octanol–water partition coefficient (Wildman–Crippen LogP) is -0.476. The topological polar surface area (TPSA) is 111 Å². The SMILES string of the molecule is CC1SC(=O)NC1C(=O)NCCO[N+](=O)[O-]. The molecule has 8 nitrogen and oxygen atoms in total. The Kier molecular flexibility index (Phi) is 4.35. The predicted molar refractivity (Wildman–Crippen MR) is 55.3 cm³/mol. The van der Waals surface area contributed by atoms with Crippen molar-refractivity contribution in [3.05, 3.63) is 10.1 Å². The quantitative estimate of drug-likeness (QED) is 0.387. The summed E-state index contributed by atoms with van der Waals surface area (Å²) in [5.74, 6) is -0.363. The van der Waals surface area contributed by atoms with Crippen molar-refractivity contribution in [3.8, 4) is 0 Å². The molecule has 0 aromatic heterocycles. The maximum Gasteiger partial charge on any atom is 0.294 e. The minimum atomic E-state index is -0.929. The van der Waals surface area contributed by atoms with Crippen LogP contribution in [0.5, 0.6) is 0 Å². The van der Waals surface area contributed by atoms with Gasteiger partial charge in [-0.2, -0.15) is 0 Å². The number of nitrogens with zero attached hydrogens (tertiary/aromatic N) is 1. The van der Waals surface area contributed by atoms with Gasteiger partial charge in [0, 0.05) is 11.8 Å². The zero-order valence-electron chi connectivity index (χ0n) is 8.47. The van der Waals surface area contributed by atoms with Gasteiger partial charge in [0.1, 0.15) is 12.6 Å². The van der Waals surface area contributed by atoms with E-state index in [0.29, 0.717) is 0 Å². The molecule has 0 aromatic rings. The summed E-state index contributed by atoms with van der Waals surface area (Å²) >= 11 is 1.05. The smallest absolute Gasteiger partial charge is 0.294 e. The largest absolute Gasteiger partial charge is 0.352 e. The Hall–Kier alpha value is -1.51. The second-order valence-corrected chi connectivity index (χ2v) is 4.43. The molecule has 0 aromatic carbocycles. The van der Waals surface area contributed by atoms with Crippen LogP contribution < -0.4 is 10.6 Å². The molecule has 1 fully saturated rings. The summed E-state index contributed by atoms with van der Waals surface area (Å²) in [4.78, 5) is 36.3. The average Bonchev–Trinajstić information content (AvgIpc) is 2.52. The van der Waals surface area contributed by atoms with Gasteiger partial charge in [-0.05, 0) is 0 Å². The highest BCUT2D eigenvalue weighted by atomic mass is 32.2.